The molecular weight excluding hydrogens is 529 g/mol. The first kappa shape index (κ1) is 41.1. The van der Waals surface area contributed by atoms with Gasteiger partial charge < -0.3 is 9.79 Å². The van der Waals surface area contributed by atoms with E-state index in [1.54, 1.807) is 0 Å². The van der Waals surface area contributed by atoms with Gasteiger partial charge in [-0.15, -0.1) is 0 Å². The van der Waals surface area contributed by atoms with Crippen LogP contribution in [-0.2, 0) is 13.6 Å². The first-order chi connectivity index (χ1) is 20.1. The van der Waals surface area contributed by atoms with Gasteiger partial charge in [0.2, 0.25) is 0 Å². The summed E-state index contributed by atoms with van der Waals surface area (Å²) in [5, 5.41) is 0. The molecule has 0 saturated heterocycles. The van der Waals surface area contributed by atoms with Crippen molar-refractivity contribution in [1.82, 2.24) is 4.90 Å². The van der Waals surface area contributed by atoms with Crippen LogP contribution in [0.25, 0.3) is 0 Å². The van der Waals surface area contributed by atoms with E-state index in [4.69, 9.17) is 9.05 Å². The summed E-state index contributed by atoms with van der Waals surface area (Å²) in [6.45, 7) is 10.9. The molecule has 0 rings (SSSR count). The molecule has 1 N–H and O–H groups in total. The van der Waals surface area contributed by atoms with Crippen molar-refractivity contribution < 1.29 is 18.5 Å². The first-order valence-electron chi connectivity index (χ1n) is 18.4. The lowest BCUT2D eigenvalue weighted by atomic mass is 10.1. The van der Waals surface area contributed by atoms with Crippen LogP contribution in [0.3, 0.4) is 0 Å². The van der Waals surface area contributed by atoms with Gasteiger partial charge in [0.05, 0.1) is 13.2 Å². The Morgan fingerprint density at radius 3 is 1.00 bits per heavy atom. The predicted molar refractivity (Wildman–Crippen MR) is 180 cm³/mol. The number of nitrogens with zero attached hydrogens (tertiary/aromatic N) is 1. The molecule has 5 nitrogen and oxygen atoms in total. The molecule has 6 heteroatoms. The number of unbranched alkanes of at least 4 members (excludes halogenated alkanes) is 23. The molecule has 0 aromatic carbocycles. The van der Waals surface area contributed by atoms with Crippen molar-refractivity contribution in [3.8, 4) is 0 Å². The fourth-order valence-corrected chi connectivity index (χ4v) is 6.32. The number of phosphoric acid groups is 1. The van der Waals surface area contributed by atoms with Gasteiger partial charge >= 0.3 is 7.82 Å². The maximum Gasteiger partial charge on any atom is 0.472 e. The average Bonchev–Trinajstić information content (AvgIpc) is 2.96. The summed E-state index contributed by atoms with van der Waals surface area (Å²) >= 11 is 0. The van der Waals surface area contributed by atoms with Crippen molar-refractivity contribution in [1.29, 1.82) is 0 Å². The van der Waals surface area contributed by atoms with Crippen LogP contribution in [-0.4, -0.2) is 42.6 Å². The van der Waals surface area contributed by atoms with E-state index in [9.17, 15) is 9.46 Å². The van der Waals surface area contributed by atoms with E-state index in [1.165, 1.54) is 161 Å². The Kier molecular flexibility index (Phi) is 33.0. The van der Waals surface area contributed by atoms with E-state index in [0.717, 1.165) is 32.2 Å². The van der Waals surface area contributed by atoms with E-state index in [2.05, 4.69) is 25.7 Å². The van der Waals surface area contributed by atoms with Crippen LogP contribution in [0.4, 0.5) is 0 Å². The van der Waals surface area contributed by atoms with Crippen LogP contribution in [0, 0.1) is 0 Å². The summed E-state index contributed by atoms with van der Waals surface area (Å²) in [6, 6.07) is 0. The molecule has 0 aromatic heterocycles. The van der Waals surface area contributed by atoms with Crippen molar-refractivity contribution in [3.63, 3.8) is 0 Å². The summed E-state index contributed by atoms with van der Waals surface area (Å²) < 4.78 is 22.7. The highest BCUT2D eigenvalue weighted by molar-refractivity contribution is 7.47. The van der Waals surface area contributed by atoms with Crippen LogP contribution in [0.15, 0.2) is 0 Å². The largest absolute Gasteiger partial charge is 0.472 e. The summed E-state index contributed by atoms with van der Waals surface area (Å²) in [6.07, 6.45) is 34.5. The van der Waals surface area contributed by atoms with Crippen LogP contribution in [0.1, 0.15) is 194 Å². The molecule has 0 aromatic rings. The Balaban J connectivity index is 4.02. The van der Waals surface area contributed by atoms with Gasteiger partial charge in [0.25, 0.3) is 0 Å². The molecule has 0 aliphatic heterocycles. The van der Waals surface area contributed by atoms with Gasteiger partial charge in [-0.1, -0.05) is 162 Å². The molecule has 0 saturated carbocycles. The lowest BCUT2D eigenvalue weighted by Gasteiger charge is -2.22. The Morgan fingerprint density at radius 1 is 0.415 bits per heavy atom. The van der Waals surface area contributed by atoms with E-state index >= 15 is 0 Å². The molecule has 0 aliphatic carbocycles. The third kappa shape index (κ3) is 32.8. The molecule has 1 unspecified atom stereocenters. The molecule has 0 aliphatic rings. The maximum absolute atomic E-state index is 12.2. The molecule has 0 bridgehead atoms. The second kappa shape index (κ2) is 33.0. The van der Waals surface area contributed by atoms with Gasteiger partial charge in [-0.25, -0.2) is 4.57 Å². The van der Waals surface area contributed by atoms with Gasteiger partial charge in [0.15, 0.2) is 0 Å². The monoisotopic (exact) mass is 604 g/mol. The maximum atomic E-state index is 12.2. The van der Waals surface area contributed by atoms with E-state index in [0.29, 0.717) is 13.2 Å². The summed E-state index contributed by atoms with van der Waals surface area (Å²) in [7, 11) is -3.92. The topological polar surface area (TPSA) is 59.0 Å². The minimum absolute atomic E-state index is 0.300. The Morgan fingerprint density at radius 2 is 0.659 bits per heavy atom. The molecule has 0 amide bonds. The van der Waals surface area contributed by atoms with Gasteiger partial charge in [-0.05, 0) is 51.7 Å². The van der Waals surface area contributed by atoms with Crippen molar-refractivity contribution in [3.05, 3.63) is 0 Å². The fraction of sp³-hybridized carbons (Fsp3) is 1.00. The predicted octanol–water partition coefficient (Wildman–Crippen LogP) is 12.0. The third-order valence-corrected chi connectivity index (χ3v) is 9.30. The molecule has 0 spiro atoms. The zero-order valence-corrected chi connectivity index (χ0v) is 29.1. The highest BCUT2D eigenvalue weighted by Crippen LogP contribution is 2.43. The molecular formula is C35H74NO4P. The van der Waals surface area contributed by atoms with Crippen molar-refractivity contribution >= 4 is 7.82 Å². The molecule has 0 fully saturated rings. The average molecular weight is 604 g/mol. The van der Waals surface area contributed by atoms with Crippen LogP contribution >= 0.6 is 7.82 Å². The highest BCUT2D eigenvalue weighted by Gasteiger charge is 2.20. The smallest absolute Gasteiger partial charge is 0.303 e. The van der Waals surface area contributed by atoms with E-state index < -0.39 is 7.82 Å². The molecule has 41 heavy (non-hydrogen) atoms. The molecule has 0 heterocycles. The second-order valence-corrected chi connectivity index (χ2v) is 13.9. The summed E-state index contributed by atoms with van der Waals surface area (Å²) in [5.41, 5.74) is 0. The standard InChI is InChI=1S/C35H74NO4P/c1-4-7-10-13-16-19-22-25-29-34-39-41(37,38)40-35-30-28-33-36(31-26-23-20-17-14-11-8-5-2)32-27-24-21-18-15-12-9-6-3/h4-35H2,1-3H3,(H,37,38). The first-order valence-corrected chi connectivity index (χ1v) is 19.9. The fourth-order valence-electron chi connectivity index (χ4n) is 5.52. The quantitative estimate of drug-likeness (QED) is 0.0577. The zero-order valence-electron chi connectivity index (χ0n) is 28.2. The van der Waals surface area contributed by atoms with E-state index in [1.807, 2.05) is 0 Å². The van der Waals surface area contributed by atoms with E-state index in [-0.39, 0.29) is 0 Å². The van der Waals surface area contributed by atoms with Gasteiger partial charge in [-0.3, -0.25) is 9.05 Å². The number of hydrogen-bond donors (Lipinski definition) is 1. The van der Waals surface area contributed by atoms with Crippen LogP contribution in [0.2, 0.25) is 0 Å². The Hall–Kier alpha value is 0.0700. The highest BCUT2D eigenvalue weighted by atomic mass is 31.2. The number of hydrogen-bond acceptors (Lipinski definition) is 4. The lowest BCUT2D eigenvalue weighted by Crippen LogP contribution is -2.27. The molecule has 0 radical (unpaired) electrons. The molecule has 248 valence electrons. The third-order valence-electron chi connectivity index (χ3n) is 8.28. The van der Waals surface area contributed by atoms with Crippen LogP contribution < -0.4 is 0 Å². The minimum atomic E-state index is -3.92. The Bertz CT molecular complexity index is 528. The number of rotatable bonds is 35. The van der Waals surface area contributed by atoms with Crippen molar-refractivity contribution in [2.24, 2.45) is 0 Å². The van der Waals surface area contributed by atoms with Gasteiger partial charge in [0.1, 0.15) is 0 Å². The second-order valence-electron chi connectivity index (χ2n) is 12.5. The van der Waals surface area contributed by atoms with Gasteiger partial charge in [0, 0.05) is 0 Å². The van der Waals surface area contributed by atoms with Gasteiger partial charge in [-0.2, -0.15) is 0 Å². The minimum Gasteiger partial charge on any atom is -0.303 e. The zero-order chi connectivity index (χ0) is 30.1. The summed E-state index contributed by atoms with van der Waals surface area (Å²) in [5.74, 6) is 0. The SMILES string of the molecule is CCCCCCCCCCCOP(=O)(O)OCCCCN(CCCCCCCCCC)CCCCCCCCCC. The van der Waals surface area contributed by atoms with Crippen LogP contribution in [0.5, 0.6) is 0 Å². The van der Waals surface area contributed by atoms with Crippen molar-refractivity contribution in [2.45, 2.75) is 194 Å². The lowest BCUT2D eigenvalue weighted by molar-refractivity contribution is 0.143. The Labute approximate surface area is 257 Å². The van der Waals surface area contributed by atoms with Crippen molar-refractivity contribution in [2.75, 3.05) is 32.8 Å². The summed E-state index contributed by atoms with van der Waals surface area (Å²) in [4.78, 5) is 12.6. The normalized spacial score (nSPS) is 13.3. The number of phosphoric ester groups is 1. The molecule has 1 atom stereocenters.